The van der Waals surface area contributed by atoms with E-state index in [2.05, 4.69) is 5.32 Å². The lowest BCUT2D eigenvalue weighted by Crippen LogP contribution is -2.18. The molecule has 1 heterocycles. The van der Waals surface area contributed by atoms with E-state index >= 15 is 0 Å². The molecule has 0 saturated carbocycles. The van der Waals surface area contributed by atoms with E-state index in [0.717, 1.165) is 22.4 Å². The van der Waals surface area contributed by atoms with Crippen LogP contribution in [0.5, 0.6) is 5.75 Å². The van der Waals surface area contributed by atoms with Crippen LogP contribution >= 0.6 is 24.0 Å². The third-order valence-corrected chi connectivity index (χ3v) is 4.50. The summed E-state index contributed by atoms with van der Waals surface area (Å²) in [7, 11) is 1.63. The largest absolute Gasteiger partial charge is 0.497 e. The Bertz CT molecular complexity index is 769. The first-order valence-corrected chi connectivity index (χ1v) is 7.89. The highest BCUT2D eigenvalue weighted by Gasteiger charge is 2.27. The zero-order chi connectivity index (χ0) is 15.5. The Morgan fingerprint density at radius 3 is 2.45 bits per heavy atom. The fourth-order valence-corrected chi connectivity index (χ4v) is 3.44. The smallest absolute Gasteiger partial charge is 0.264 e. The lowest BCUT2D eigenvalue weighted by molar-refractivity contribution is -0.115. The third kappa shape index (κ3) is 2.91. The van der Waals surface area contributed by atoms with Gasteiger partial charge in [-0.25, -0.2) is 0 Å². The molecule has 110 valence electrons. The SMILES string of the molecule is COc1cccc(C(=C2SC(=S)NC2=O)c2ccccc2)c1. The predicted octanol–water partition coefficient (Wildman–Crippen LogP) is 3.60. The summed E-state index contributed by atoms with van der Waals surface area (Å²) in [5, 5.41) is 2.68. The van der Waals surface area contributed by atoms with Gasteiger partial charge in [-0.05, 0) is 23.3 Å². The van der Waals surface area contributed by atoms with Gasteiger partial charge in [-0.2, -0.15) is 0 Å². The van der Waals surface area contributed by atoms with Gasteiger partial charge in [-0.15, -0.1) is 0 Å². The topological polar surface area (TPSA) is 38.3 Å². The number of thioether (sulfide) groups is 1. The summed E-state index contributed by atoms with van der Waals surface area (Å²) in [5.74, 6) is 0.592. The zero-order valence-corrected chi connectivity index (χ0v) is 13.5. The van der Waals surface area contributed by atoms with Crippen LogP contribution in [0.15, 0.2) is 59.5 Å². The molecule has 2 aromatic rings. The molecule has 3 nitrogen and oxygen atoms in total. The van der Waals surface area contributed by atoms with E-state index in [4.69, 9.17) is 17.0 Å². The lowest BCUT2D eigenvalue weighted by atomic mass is 9.97. The summed E-state index contributed by atoms with van der Waals surface area (Å²) in [6.45, 7) is 0. The van der Waals surface area contributed by atoms with Gasteiger partial charge in [0.25, 0.3) is 5.91 Å². The van der Waals surface area contributed by atoms with Crippen LogP contribution < -0.4 is 10.1 Å². The maximum Gasteiger partial charge on any atom is 0.264 e. The van der Waals surface area contributed by atoms with E-state index in [9.17, 15) is 4.79 Å². The van der Waals surface area contributed by atoms with Crippen molar-refractivity contribution in [2.45, 2.75) is 0 Å². The van der Waals surface area contributed by atoms with Crippen LogP contribution in [0.3, 0.4) is 0 Å². The Morgan fingerprint density at radius 2 is 1.82 bits per heavy atom. The first-order chi connectivity index (χ1) is 10.7. The van der Waals surface area contributed by atoms with Gasteiger partial charge in [0.2, 0.25) is 0 Å². The molecule has 0 spiro atoms. The maximum atomic E-state index is 12.2. The summed E-state index contributed by atoms with van der Waals surface area (Å²) >= 11 is 6.41. The number of hydrogen-bond acceptors (Lipinski definition) is 4. The van der Waals surface area contributed by atoms with Crippen molar-refractivity contribution in [1.82, 2.24) is 5.32 Å². The maximum absolute atomic E-state index is 12.2. The van der Waals surface area contributed by atoms with Crippen LogP contribution in [0.25, 0.3) is 5.57 Å². The average molecular weight is 327 g/mol. The minimum Gasteiger partial charge on any atom is -0.497 e. The number of benzene rings is 2. The second-order valence-electron chi connectivity index (χ2n) is 4.65. The van der Waals surface area contributed by atoms with Crippen LogP contribution in [0, 0.1) is 0 Å². The van der Waals surface area contributed by atoms with Crippen molar-refractivity contribution in [3.63, 3.8) is 0 Å². The van der Waals surface area contributed by atoms with Crippen LogP contribution in [-0.2, 0) is 4.79 Å². The molecule has 5 heteroatoms. The lowest BCUT2D eigenvalue weighted by Gasteiger charge is -2.12. The van der Waals surface area contributed by atoms with Crippen LogP contribution in [-0.4, -0.2) is 17.3 Å². The quantitative estimate of drug-likeness (QED) is 0.690. The van der Waals surface area contributed by atoms with Crippen LogP contribution in [0.2, 0.25) is 0 Å². The van der Waals surface area contributed by atoms with Crippen molar-refractivity contribution < 1.29 is 9.53 Å². The van der Waals surface area contributed by atoms with Gasteiger partial charge in [-0.3, -0.25) is 4.79 Å². The van der Waals surface area contributed by atoms with Gasteiger partial charge < -0.3 is 10.1 Å². The number of carbonyl (C=O) groups is 1. The molecule has 3 rings (SSSR count). The first kappa shape index (κ1) is 14.8. The highest BCUT2D eigenvalue weighted by Crippen LogP contribution is 2.37. The Balaban J connectivity index is 2.22. The molecule has 0 radical (unpaired) electrons. The number of hydrogen-bond donors (Lipinski definition) is 1. The van der Waals surface area contributed by atoms with Crippen molar-refractivity contribution in [3.8, 4) is 5.75 Å². The van der Waals surface area contributed by atoms with Crippen molar-refractivity contribution >= 4 is 39.8 Å². The van der Waals surface area contributed by atoms with E-state index in [1.54, 1.807) is 7.11 Å². The average Bonchev–Trinajstić information content (AvgIpc) is 2.87. The highest BCUT2D eigenvalue weighted by molar-refractivity contribution is 8.26. The summed E-state index contributed by atoms with van der Waals surface area (Å²) < 4.78 is 5.78. The molecule has 0 atom stereocenters. The number of nitrogens with one attached hydrogen (secondary N) is 1. The van der Waals surface area contributed by atoms with Crippen molar-refractivity contribution in [3.05, 3.63) is 70.6 Å². The van der Waals surface area contributed by atoms with E-state index in [0.29, 0.717) is 9.23 Å². The molecule has 1 amide bonds. The molecular weight excluding hydrogens is 314 g/mol. The first-order valence-electron chi connectivity index (χ1n) is 6.66. The fraction of sp³-hybridized carbons (Fsp3) is 0.0588. The van der Waals surface area contributed by atoms with Gasteiger partial charge in [0.1, 0.15) is 10.1 Å². The number of thiocarbonyl (C=S) groups is 1. The summed E-state index contributed by atoms with van der Waals surface area (Å²) in [6.07, 6.45) is 0. The molecule has 0 aromatic heterocycles. The molecule has 0 bridgehead atoms. The Hall–Kier alpha value is -2.11. The van der Waals surface area contributed by atoms with Crippen molar-refractivity contribution in [1.29, 1.82) is 0 Å². The van der Waals surface area contributed by atoms with E-state index in [1.807, 2.05) is 54.6 Å². The Morgan fingerprint density at radius 1 is 1.09 bits per heavy atom. The zero-order valence-electron chi connectivity index (χ0n) is 11.8. The Kier molecular flexibility index (Phi) is 4.27. The second kappa shape index (κ2) is 6.34. The summed E-state index contributed by atoms with van der Waals surface area (Å²) in [6, 6.07) is 17.5. The van der Waals surface area contributed by atoms with E-state index in [-0.39, 0.29) is 5.91 Å². The molecule has 0 unspecified atom stereocenters. The number of methoxy groups -OCH3 is 1. The van der Waals surface area contributed by atoms with Gasteiger partial charge in [0.05, 0.1) is 12.0 Å². The third-order valence-electron chi connectivity index (χ3n) is 3.26. The minimum atomic E-state index is -0.156. The monoisotopic (exact) mass is 327 g/mol. The Labute approximate surface area is 138 Å². The van der Waals surface area contributed by atoms with Crippen molar-refractivity contribution in [2.75, 3.05) is 7.11 Å². The van der Waals surface area contributed by atoms with Crippen molar-refractivity contribution in [2.24, 2.45) is 0 Å². The van der Waals surface area contributed by atoms with Gasteiger partial charge in [-0.1, -0.05) is 66.4 Å². The number of carbonyl (C=O) groups excluding carboxylic acids is 1. The highest BCUT2D eigenvalue weighted by atomic mass is 32.2. The molecule has 22 heavy (non-hydrogen) atoms. The van der Waals surface area contributed by atoms with Crippen LogP contribution in [0.1, 0.15) is 11.1 Å². The second-order valence-corrected chi connectivity index (χ2v) is 6.33. The van der Waals surface area contributed by atoms with Gasteiger partial charge in [0, 0.05) is 5.57 Å². The molecule has 1 aliphatic heterocycles. The molecular formula is C17H13NO2S2. The van der Waals surface area contributed by atoms with Gasteiger partial charge >= 0.3 is 0 Å². The summed E-state index contributed by atoms with van der Waals surface area (Å²) in [5.41, 5.74) is 2.76. The molecule has 1 N–H and O–H groups in total. The van der Waals surface area contributed by atoms with E-state index < -0.39 is 0 Å². The molecule has 1 saturated heterocycles. The van der Waals surface area contributed by atoms with E-state index in [1.165, 1.54) is 11.8 Å². The minimum absolute atomic E-state index is 0.156. The summed E-state index contributed by atoms with van der Waals surface area (Å²) in [4.78, 5) is 12.8. The fourth-order valence-electron chi connectivity index (χ4n) is 2.29. The number of ether oxygens (including phenoxy) is 1. The van der Waals surface area contributed by atoms with Crippen LogP contribution in [0.4, 0.5) is 0 Å². The van der Waals surface area contributed by atoms with Gasteiger partial charge in [0.15, 0.2) is 0 Å². The molecule has 1 fully saturated rings. The molecule has 2 aromatic carbocycles. The predicted molar refractivity (Wildman–Crippen MR) is 93.8 cm³/mol. The standard InChI is InChI=1S/C17H13NO2S2/c1-20-13-9-5-8-12(10-13)14(11-6-3-2-4-7-11)15-16(19)18-17(21)22-15/h2-10H,1H3,(H,18,19,21). The molecule has 1 aliphatic rings. The number of rotatable bonds is 3. The molecule has 0 aliphatic carbocycles. The number of amides is 1. The normalized spacial score (nSPS) is 16.4.